The zero-order chi connectivity index (χ0) is 21.7. The zero-order valence-corrected chi connectivity index (χ0v) is 17.1. The van der Waals surface area contributed by atoms with Crippen molar-refractivity contribution in [2.24, 2.45) is 16.5 Å². The first-order valence-electron chi connectivity index (χ1n) is 9.73. The number of aryl methyl sites for hydroxylation is 2. The number of nitrogens with zero attached hydrogens (tertiary/aromatic N) is 3. The minimum Gasteiger partial charge on any atom is -0.488 e. The summed E-state index contributed by atoms with van der Waals surface area (Å²) < 4.78 is 25.9. The average Bonchev–Trinajstić information content (AvgIpc) is 2.69. The summed E-state index contributed by atoms with van der Waals surface area (Å²) in [6.07, 6.45) is 0.613. The normalized spacial score (nSPS) is 14.3. The molecule has 3 rings (SSSR count). The highest BCUT2D eigenvalue weighted by atomic mass is 19.1. The molecule has 0 atom stereocenters. The first-order valence-corrected chi connectivity index (χ1v) is 9.73. The molecule has 0 unspecified atom stereocenters. The minimum atomic E-state index is -0.960. The van der Waals surface area contributed by atoms with Crippen LogP contribution in [0.3, 0.4) is 0 Å². The Bertz CT molecular complexity index is 938. The fraction of sp³-hybridized carbons (Fsp3) is 0.381. The van der Waals surface area contributed by atoms with Gasteiger partial charge in [0.15, 0.2) is 11.8 Å². The largest absolute Gasteiger partial charge is 0.488 e. The van der Waals surface area contributed by atoms with E-state index in [9.17, 15) is 9.18 Å². The molecule has 8 nitrogen and oxygen atoms in total. The molecule has 1 aliphatic heterocycles. The summed E-state index contributed by atoms with van der Waals surface area (Å²) in [4.78, 5) is 21.1. The van der Waals surface area contributed by atoms with Gasteiger partial charge in [0.25, 0.3) is 0 Å². The van der Waals surface area contributed by atoms with E-state index >= 15 is 0 Å². The van der Waals surface area contributed by atoms with Crippen LogP contribution in [0.25, 0.3) is 0 Å². The van der Waals surface area contributed by atoms with Gasteiger partial charge in [0.2, 0.25) is 0 Å². The van der Waals surface area contributed by atoms with Gasteiger partial charge in [-0.25, -0.2) is 9.18 Å². The predicted octanol–water partition coefficient (Wildman–Crippen LogP) is 2.80. The minimum absolute atomic E-state index is 0.0521. The number of ether oxygens (including phenoxy) is 2. The molecule has 1 fully saturated rings. The number of amides is 1. The zero-order valence-electron chi connectivity index (χ0n) is 17.1. The van der Waals surface area contributed by atoms with Gasteiger partial charge in [0, 0.05) is 37.2 Å². The third kappa shape index (κ3) is 5.37. The van der Waals surface area contributed by atoms with E-state index in [1.807, 2.05) is 30.9 Å². The number of hydrogen-bond acceptors (Lipinski definition) is 5. The highest BCUT2D eigenvalue weighted by molar-refractivity contribution is 5.87. The number of nitrogens with two attached hydrogens (primary N) is 2. The van der Waals surface area contributed by atoms with Gasteiger partial charge < -0.3 is 25.8 Å². The maximum Gasteiger partial charge on any atom is 0.437 e. The number of piperidine rings is 1. The van der Waals surface area contributed by atoms with E-state index in [4.69, 9.17) is 20.9 Å². The van der Waals surface area contributed by atoms with Gasteiger partial charge in [-0.15, -0.1) is 4.99 Å². The lowest BCUT2D eigenvalue weighted by atomic mass is 10.1. The molecule has 0 spiro atoms. The van der Waals surface area contributed by atoms with Crippen molar-refractivity contribution in [3.05, 3.63) is 53.1 Å². The molecule has 0 aliphatic carbocycles. The summed E-state index contributed by atoms with van der Waals surface area (Å²) in [5.74, 6) is -0.0429. The summed E-state index contributed by atoms with van der Waals surface area (Å²) in [6.45, 7) is 4.92. The van der Waals surface area contributed by atoms with Gasteiger partial charge in [-0.1, -0.05) is 12.1 Å². The van der Waals surface area contributed by atoms with Crippen LogP contribution in [0.4, 0.5) is 14.9 Å². The Balaban J connectivity index is 1.60. The summed E-state index contributed by atoms with van der Waals surface area (Å²) >= 11 is 0. The molecular weight excluding hydrogens is 389 g/mol. The molecule has 0 radical (unpaired) electrons. The number of aliphatic imine (C=N–C) groups is 1. The summed E-state index contributed by atoms with van der Waals surface area (Å²) in [5.41, 5.74) is 12.8. The molecular formula is C21H26FN5O3. The smallest absolute Gasteiger partial charge is 0.437 e. The highest BCUT2D eigenvalue weighted by Crippen LogP contribution is 2.28. The molecule has 4 N–H and O–H groups in total. The van der Waals surface area contributed by atoms with Crippen LogP contribution in [-0.2, 0) is 11.3 Å². The Morgan fingerprint density at radius 3 is 2.63 bits per heavy atom. The highest BCUT2D eigenvalue weighted by Gasteiger charge is 2.24. The molecule has 2 heterocycles. The maximum atomic E-state index is 14.9. The Morgan fingerprint density at radius 2 is 1.97 bits per heavy atom. The molecule has 160 valence electrons. The number of carbonyl (C=O) groups is 1. The summed E-state index contributed by atoms with van der Waals surface area (Å²) in [5, 5.41) is 0. The number of rotatable bonds is 5. The maximum absolute atomic E-state index is 14.9. The fourth-order valence-electron chi connectivity index (χ4n) is 3.39. The quantitative estimate of drug-likeness (QED) is 0.570. The van der Waals surface area contributed by atoms with Gasteiger partial charge in [-0.05, 0) is 32.0 Å². The van der Waals surface area contributed by atoms with E-state index in [0.717, 1.165) is 30.0 Å². The Kier molecular flexibility index (Phi) is 6.71. The van der Waals surface area contributed by atoms with Crippen molar-refractivity contribution in [1.29, 1.82) is 0 Å². The van der Waals surface area contributed by atoms with Crippen LogP contribution in [0, 0.1) is 19.7 Å². The molecule has 0 saturated carbocycles. The number of guanidine groups is 1. The fourth-order valence-corrected chi connectivity index (χ4v) is 3.39. The van der Waals surface area contributed by atoms with Crippen molar-refractivity contribution in [1.82, 2.24) is 4.98 Å². The summed E-state index contributed by atoms with van der Waals surface area (Å²) in [7, 11) is 0. The van der Waals surface area contributed by atoms with Crippen molar-refractivity contribution < 1.29 is 18.7 Å². The predicted molar refractivity (Wildman–Crippen MR) is 112 cm³/mol. The number of pyridine rings is 1. The van der Waals surface area contributed by atoms with Crippen LogP contribution in [0.5, 0.6) is 5.75 Å². The lowest BCUT2D eigenvalue weighted by molar-refractivity contribution is 0.149. The molecule has 30 heavy (non-hydrogen) atoms. The van der Waals surface area contributed by atoms with E-state index in [0.29, 0.717) is 18.8 Å². The lowest BCUT2D eigenvalue weighted by Crippen LogP contribution is -2.39. The molecule has 0 bridgehead atoms. The van der Waals surface area contributed by atoms with Gasteiger partial charge in [-0.3, -0.25) is 4.98 Å². The van der Waals surface area contributed by atoms with E-state index in [1.54, 1.807) is 18.2 Å². The van der Waals surface area contributed by atoms with Crippen LogP contribution in [0.2, 0.25) is 0 Å². The molecule has 1 aromatic heterocycles. The monoisotopic (exact) mass is 415 g/mol. The van der Waals surface area contributed by atoms with E-state index < -0.39 is 17.9 Å². The van der Waals surface area contributed by atoms with Crippen molar-refractivity contribution >= 4 is 17.7 Å². The van der Waals surface area contributed by atoms with Crippen molar-refractivity contribution in [3.8, 4) is 5.75 Å². The Labute approximate surface area is 174 Å². The van der Waals surface area contributed by atoms with Crippen LogP contribution >= 0.6 is 0 Å². The third-order valence-corrected chi connectivity index (χ3v) is 4.88. The first kappa shape index (κ1) is 21.4. The van der Waals surface area contributed by atoms with E-state index in [-0.39, 0.29) is 18.3 Å². The number of carbonyl (C=O) groups excluding carboxylic acids is 1. The van der Waals surface area contributed by atoms with Crippen LogP contribution < -0.4 is 21.1 Å². The third-order valence-electron chi connectivity index (χ3n) is 4.88. The number of aromatic nitrogens is 1. The van der Waals surface area contributed by atoms with Gasteiger partial charge >= 0.3 is 6.09 Å². The number of halogens is 1. The SMILES string of the molecule is Cc1ccc(OC2CCN(c3cccc(COC(=O)N=C(N)N)c3F)CC2)c(C)n1. The second-order valence-electron chi connectivity index (χ2n) is 7.18. The molecule has 2 aromatic rings. The summed E-state index contributed by atoms with van der Waals surface area (Å²) in [6, 6.07) is 8.87. The average molecular weight is 415 g/mol. The van der Waals surface area contributed by atoms with E-state index in [1.165, 1.54) is 0 Å². The second kappa shape index (κ2) is 9.43. The van der Waals surface area contributed by atoms with Gasteiger partial charge in [-0.2, -0.15) is 0 Å². The van der Waals surface area contributed by atoms with Crippen molar-refractivity contribution in [2.45, 2.75) is 39.4 Å². The van der Waals surface area contributed by atoms with Crippen LogP contribution in [0.1, 0.15) is 29.8 Å². The standard InChI is InChI=1S/C21H26FN5O3/c1-13-6-7-18(14(2)25-13)30-16-8-10-27(11-9-16)17-5-3-4-15(19(17)22)12-29-21(28)26-20(23)24/h3-7,16H,8-12H2,1-2H3,(H4,23,24,26,28). The van der Waals surface area contributed by atoms with Gasteiger partial charge in [0.05, 0.1) is 11.4 Å². The number of hydrogen-bond donors (Lipinski definition) is 2. The van der Waals surface area contributed by atoms with Crippen LogP contribution in [0.15, 0.2) is 35.3 Å². The molecule has 1 saturated heterocycles. The van der Waals surface area contributed by atoms with Crippen LogP contribution in [-0.4, -0.2) is 36.2 Å². The van der Waals surface area contributed by atoms with Gasteiger partial charge in [0.1, 0.15) is 18.5 Å². The Morgan fingerprint density at radius 1 is 1.23 bits per heavy atom. The number of benzene rings is 1. The molecule has 1 aliphatic rings. The molecule has 9 heteroatoms. The first-order chi connectivity index (χ1) is 14.3. The molecule has 1 amide bonds. The van der Waals surface area contributed by atoms with E-state index in [2.05, 4.69) is 9.98 Å². The van der Waals surface area contributed by atoms with Crippen molar-refractivity contribution in [3.63, 3.8) is 0 Å². The van der Waals surface area contributed by atoms with Crippen molar-refractivity contribution in [2.75, 3.05) is 18.0 Å². The Hall–Kier alpha value is -3.36. The lowest BCUT2D eigenvalue weighted by Gasteiger charge is -2.34. The number of anilines is 1. The second-order valence-corrected chi connectivity index (χ2v) is 7.18. The topological polar surface area (TPSA) is 116 Å². The molecule has 1 aromatic carbocycles.